The summed E-state index contributed by atoms with van der Waals surface area (Å²) in [6.07, 6.45) is 0.590. The lowest BCUT2D eigenvalue weighted by atomic mass is 9.98. The van der Waals surface area contributed by atoms with Gasteiger partial charge in [0.05, 0.1) is 24.6 Å². The molecule has 0 unspecified atom stereocenters. The van der Waals surface area contributed by atoms with Crippen LogP contribution in [0.4, 0.5) is 14.5 Å². The van der Waals surface area contributed by atoms with E-state index in [4.69, 9.17) is 9.84 Å². The molecule has 0 fully saturated rings. The fraction of sp³-hybridized carbons (Fsp3) is 0.136. The van der Waals surface area contributed by atoms with Crippen LogP contribution in [0.3, 0.4) is 0 Å². The maximum absolute atomic E-state index is 14.4. The molecule has 0 N–H and O–H groups in total. The van der Waals surface area contributed by atoms with Gasteiger partial charge in [0, 0.05) is 6.42 Å². The molecule has 0 aliphatic carbocycles. The van der Waals surface area contributed by atoms with E-state index in [2.05, 4.69) is 0 Å². The lowest BCUT2D eigenvalue weighted by molar-refractivity contribution is 0.415. The summed E-state index contributed by atoms with van der Waals surface area (Å²) in [4.78, 5) is 0. The van der Waals surface area contributed by atoms with Crippen molar-refractivity contribution in [3.05, 3.63) is 95.6 Å². The third-order valence-corrected chi connectivity index (χ3v) is 4.69. The van der Waals surface area contributed by atoms with Crippen molar-refractivity contribution in [1.29, 1.82) is 0 Å². The van der Waals surface area contributed by atoms with Crippen molar-refractivity contribution in [3.8, 4) is 5.75 Å². The lowest BCUT2D eigenvalue weighted by Crippen LogP contribution is -2.19. The van der Waals surface area contributed by atoms with E-state index in [0.717, 1.165) is 22.6 Å². The average molecular weight is 364 g/mol. The van der Waals surface area contributed by atoms with Gasteiger partial charge in [-0.25, -0.2) is 8.78 Å². The molecular weight excluding hydrogens is 346 g/mol. The highest BCUT2D eigenvalue weighted by Gasteiger charge is 2.31. The fourth-order valence-corrected chi connectivity index (χ4v) is 3.27. The van der Waals surface area contributed by atoms with Crippen molar-refractivity contribution in [1.82, 2.24) is 0 Å². The predicted octanol–water partition coefficient (Wildman–Crippen LogP) is 5.33. The molecule has 1 aliphatic heterocycles. The van der Waals surface area contributed by atoms with E-state index in [1.807, 2.05) is 24.3 Å². The normalized spacial score (nSPS) is 16.3. The summed E-state index contributed by atoms with van der Waals surface area (Å²) in [6, 6.07) is 20.2. The van der Waals surface area contributed by atoms with Crippen molar-refractivity contribution in [2.24, 2.45) is 5.10 Å². The first-order chi connectivity index (χ1) is 13.2. The zero-order valence-electron chi connectivity index (χ0n) is 14.8. The number of para-hydroxylation sites is 1. The Labute approximate surface area is 156 Å². The standard InChI is InChI=1S/C22H18F2N2O/c1-27-18-12-8-15(9-13-18)20-14-22(16-6-10-17(23)11-7-16)26(25-20)21-5-3-2-4-19(21)24/h2-13,22H,14H2,1H3/t22-/m0/s1. The lowest BCUT2D eigenvalue weighted by Gasteiger charge is -2.24. The quantitative estimate of drug-likeness (QED) is 0.625. The summed E-state index contributed by atoms with van der Waals surface area (Å²) in [5.41, 5.74) is 3.07. The van der Waals surface area contributed by atoms with Crippen molar-refractivity contribution in [2.45, 2.75) is 12.5 Å². The van der Waals surface area contributed by atoms with Gasteiger partial charge < -0.3 is 4.74 Å². The summed E-state index contributed by atoms with van der Waals surface area (Å²) in [5, 5.41) is 6.38. The third kappa shape index (κ3) is 3.40. The molecule has 0 saturated carbocycles. The van der Waals surface area contributed by atoms with Crippen LogP contribution in [0.5, 0.6) is 5.75 Å². The number of rotatable bonds is 4. The molecule has 0 amide bonds. The maximum Gasteiger partial charge on any atom is 0.148 e. The van der Waals surface area contributed by atoms with Crippen molar-refractivity contribution in [2.75, 3.05) is 12.1 Å². The molecule has 0 aromatic heterocycles. The van der Waals surface area contributed by atoms with E-state index in [0.29, 0.717) is 12.1 Å². The van der Waals surface area contributed by atoms with Crippen LogP contribution in [-0.4, -0.2) is 12.8 Å². The van der Waals surface area contributed by atoms with Crippen LogP contribution in [0.15, 0.2) is 77.9 Å². The summed E-state index contributed by atoms with van der Waals surface area (Å²) in [6.45, 7) is 0. The molecule has 5 heteroatoms. The highest BCUT2D eigenvalue weighted by atomic mass is 19.1. The predicted molar refractivity (Wildman–Crippen MR) is 102 cm³/mol. The number of hydrogen-bond donors (Lipinski definition) is 0. The number of benzene rings is 3. The zero-order valence-corrected chi connectivity index (χ0v) is 14.8. The summed E-state index contributed by atoms with van der Waals surface area (Å²) in [7, 11) is 1.62. The van der Waals surface area contributed by atoms with Gasteiger partial charge in [0.25, 0.3) is 0 Å². The molecule has 3 aromatic carbocycles. The van der Waals surface area contributed by atoms with Gasteiger partial charge >= 0.3 is 0 Å². The van der Waals surface area contributed by atoms with E-state index in [9.17, 15) is 8.78 Å². The first kappa shape index (κ1) is 17.2. The molecule has 0 saturated heterocycles. The van der Waals surface area contributed by atoms with E-state index >= 15 is 0 Å². The molecule has 4 rings (SSSR count). The topological polar surface area (TPSA) is 24.8 Å². The molecule has 27 heavy (non-hydrogen) atoms. The van der Waals surface area contributed by atoms with Gasteiger partial charge in [-0.1, -0.05) is 24.3 Å². The summed E-state index contributed by atoms with van der Waals surface area (Å²) >= 11 is 0. The summed E-state index contributed by atoms with van der Waals surface area (Å²) in [5.74, 6) is 0.119. The van der Waals surface area contributed by atoms with E-state index in [-0.39, 0.29) is 17.7 Å². The molecule has 0 bridgehead atoms. The van der Waals surface area contributed by atoms with Crippen molar-refractivity contribution < 1.29 is 13.5 Å². The number of halogens is 2. The van der Waals surface area contributed by atoms with Gasteiger partial charge in [0.2, 0.25) is 0 Å². The first-order valence-corrected chi connectivity index (χ1v) is 8.67. The van der Waals surface area contributed by atoms with Gasteiger partial charge in [0.15, 0.2) is 0 Å². The molecule has 1 heterocycles. The Balaban J connectivity index is 1.75. The average Bonchev–Trinajstić information content (AvgIpc) is 3.14. The van der Waals surface area contributed by atoms with Crippen LogP contribution in [0, 0.1) is 11.6 Å². The van der Waals surface area contributed by atoms with Crippen LogP contribution >= 0.6 is 0 Å². The Bertz CT molecular complexity index is 968. The molecule has 1 aliphatic rings. The van der Waals surface area contributed by atoms with Crippen LogP contribution in [-0.2, 0) is 0 Å². The Hall–Kier alpha value is -3.21. The number of nitrogens with zero attached hydrogens (tertiary/aromatic N) is 2. The minimum absolute atomic E-state index is 0.209. The fourth-order valence-electron chi connectivity index (χ4n) is 3.27. The SMILES string of the molecule is COc1ccc(C2=NN(c3ccccc3F)[C@H](c3ccc(F)cc3)C2)cc1. The number of methoxy groups -OCH3 is 1. The van der Waals surface area contributed by atoms with Crippen molar-refractivity contribution >= 4 is 11.4 Å². The first-order valence-electron chi connectivity index (χ1n) is 8.67. The minimum Gasteiger partial charge on any atom is -0.497 e. The highest BCUT2D eigenvalue weighted by molar-refractivity contribution is 6.03. The Kier molecular flexibility index (Phi) is 4.59. The molecule has 3 aromatic rings. The highest BCUT2D eigenvalue weighted by Crippen LogP contribution is 2.37. The summed E-state index contributed by atoms with van der Waals surface area (Å²) < 4.78 is 33.0. The third-order valence-electron chi connectivity index (χ3n) is 4.69. The number of hydrazone groups is 1. The van der Waals surface area contributed by atoms with Crippen LogP contribution < -0.4 is 9.75 Å². The van der Waals surface area contributed by atoms with Gasteiger partial charge in [0.1, 0.15) is 17.4 Å². The molecule has 3 nitrogen and oxygen atoms in total. The van der Waals surface area contributed by atoms with Gasteiger partial charge in [-0.05, 0) is 59.7 Å². The molecule has 1 atom stereocenters. The van der Waals surface area contributed by atoms with Gasteiger partial charge in [-0.2, -0.15) is 5.10 Å². The Morgan fingerprint density at radius 2 is 1.63 bits per heavy atom. The van der Waals surface area contributed by atoms with Crippen LogP contribution in [0.25, 0.3) is 0 Å². The van der Waals surface area contributed by atoms with Gasteiger partial charge in [-0.15, -0.1) is 0 Å². The molecule has 0 spiro atoms. The van der Waals surface area contributed by atoms with E-state index in [1.54, 1.807) is 42.5 Å². The Morgan fingerprint density at radius 3 is 2.30 bits per heavy atom. The molecule has 0 radical (unpaired) electrons. The number of anilines is 1. The van der Waals surface area contributed by atoms with Crippen LogP contribution in [0.1, 0.15) is 23.6 Å². The largest absolute Gasteiger partial charge is 0.497 e. The minimum atomic E-state index is -0.343. The van der Waals surface area contributed by atoms with Crippen molar-refractivity contribution in [3.63, 3.8) is 0 Å². The number of ether oxygens (including phenoxy) is 1. The van der Waals surface area contributed by atoms with E-state index in [1.165, 1.54) is 18.2 Å². The smallest absolute Gasteiger partial charge is 0.148 e. The van der Waals surface area contributed by atoms with Crippen LogP contribution in [0.2, 0.25) is 0 Å². The molecular formula is C22H18F2N2O. The molecule has 136 valence electrons. The monoisotopic (exact) mass is 364 g/mol. The Morgan fingerprint density at radius 1 is 0.926 bits per heavy atom. The maximum atomic E-state index is 14.4. The second kappa shape index (κ2) is 7.19. The second-order valence-corrected chi connectivity index (χ2v) is 6.34. The zero-order chi connectivity index (χ0) is 18.8. The second-order valence-electron chi connectivity index (χ2n) is 6.34. The van der Waals surface area contributed by atoms with E-state index < -0.39 is 0 Å². The van der Waals surface area contributed by atoms with Gasteiger partial charge in [-0.3, -0.25) is 5.01 Å². The number of hydrogen-bond acceptors (Lipinski definition) is 3.